The highest BCUT2D eigenvalue weighted by Gasteiger charge is 2.31. The Labute approximate surface area is 190 Å². The number of likely N-dealkylation sites (tertiary alicyclic amines) is 1. The van der Waals surface area contributed by atoms with Gasteiger partial charge in [-0.25, -0.2) is 5.43 Å². The van der Waals surface area contributed by atoms with Gasteiger partial charge in [0.05, 0.1) is 10.7 Å². The van der Waals surface area contributed by atoms with E-state index in [1.165, 1.54) is 0 Å². The number of hydrogen-bond acceptors (Lipinski definition) is 5. The second kappa shape index (κ2) is 9.32. The first-order chi connectivity index (χ1) is 14.9. The molecule has 1 saturated heterocycles. The van der Waals surface area contributed by atoms with Crippen LogP contribution in [0.15, 0.2) is 27.7 Å². The highest BCUT2D eigenvalue weighted by Crippen LogP contribution is 2.31. The fraction of sp³-hybridized carbons (Fsp3) is 0.409. The summed E-state index contributed by atoms with van der Waals surface area (Å²) < 4.78 is 11.4. The number of fused-ring (bicyclic) bond motifs is 1. The quantitative estimate of drug-likeness (QED) is 0.667. The number of hydrogen-bond donors (Lipinski definition) is 1. The number of aryl methyl sites for hydroxylation is 1. The van der Waals surface area contributed by atoms with E-state index in [9.17, 15) is 9.59 Å². The SMILES string of the molecule is Cc1c(C(=O)N2CCCC2)oc2c1/C(=N/NC(=O)COc1ccc(Cl)cc1Cl)CCC2. The molecule has 2 aliphatic rings. The molecular weight excluding hydrogens is 441 g/mol. The third-order valence-electron chi connectivity index (χ3n) is 5.48. The zero-order chi connectivity index (χ0) is 22.0. The van der Waals surface area contributed by atoms with E-state index in [0.29, 0.717) is 33.7 Å². The van der Waals surface area contributed by atoms with Crippen LogP contribution in [0.25, 0.3) is 0 Å². The number of rotatable bonds is 5. The molecule has 0 atom stereocenters. The lowest BCUT2D eigenvalue weighted by atomic mass is 9.93. The molecule has 1 N–H and O–H groups in total. The van der Waals surface area contributed by atoms with Gasteiger partial charge in [-0.15, -0.1) is 0 Å². The summed E-state index contributed by atoms with van der Waals surface area (Å²) in [6, 6.07) is 4.78. The monoisotopic (exact) mass is 463 g/mol. The molecule has 0 saturated carbocycles. The number of hydrazone groups is 1. The predicted molar refractivity (Wildman–Crippen MR) is 118 cm³/mol. The van der Waals surface area contributed by atoms with Crippen LogP contribution in [0, 0.1) is 6.92 Å². The first-order valence-electron chi connectivity index (χ1n) is 10.3. The van der Waals surface area contributed by atoms with Gasteiger partial charge in [0.25, 0.3) is 11.8 Å². The van der Waals surface area contributed by atoms with Gasteiger partial charge >= 0.3 is 0 Å². The van der Waals surface area contributed by atoms with Gasteiger partial charge in [-0.3, -0.25) is 9.59 Å². The van der Waals surface area contributed by atoms with Gasteiger partial charge in [-0.05, 0) is 50.8 Å². The van der Waals surface area contributed by atoms with Crippen LogP contribution in [-0.2, 0) is 11.2 Å². The van der Waals surface area contributed by atoms with Crippen LogP contribution in [0.3, 0.4) is 0 Å². The molecule has 9 heteroatoms. The largest absolute Gasteiger partial charge is 0.482 e. The average molecular weight is 464 g/mol. The first-order valence-corrected chi connectivity index (χ1v) is 11.0. The Balaban J connectivity index is 1.44. The van der Waals surface area contributed by atoms with E-state index >= 15 is 0 Å². The number of nitrogens with one attached hydrogen (secondary N) is 1. The maximum Gasteiger partial charge on any atom is 0.289 e. The minimum Gasteiger partial charge on any atom is -0.482 e. The van der Waals surface area contributed by atoms with E-state index in [0.717, 1.165) is 55.7 Å². The van der Waals surface area contributed by atoms with Crippen LogP contribution in [0.4, 0.5) is 0 Å². The van der Waals surface area contributed by atoms with Crippen LogP contribution in [-0.4, -0.2) is 42.1 Å². The van der Waals surface area contributed by atoms with E-state index in [1.807, 2.05) is 11.8 Å². The Morgan fingerprint density at radius 1 is 1.19 bits per heavy atom. The van der Waals surface area contributed by atoms with Crippen LogP contribution in [0.2, 0.25) is 10.0 Å². The number of benzene rings is 1. The third-order valence-corrected chi connectivity index (χ3v) is 6.01. The van der Waals surface area contributed by atoms with Gasteiger partial charge < -0.3 is 14.1 Å². The number of halogens is 2. The lowest BCUT2D eigenvalue weighted by molar-refractivity contribution is -0.123. The number of ether oxygens (including phenoxy) is 1. The Morgan fingerprint density at radius 3 is 2.71 bits per heavy atom. The zero-order valence-corrected chi connectivity index (χ0v) is 18.7. The van der Waals surface area contributed by atoms with Crippen molar-refractivity contribution in [3.63, 3.8) is 0 Å². The van der Waals surface area contributed by atoms with Crippen molar-refractivity contribution in [2.24, 2.45) is 5.10 Å². The van der Waals surface area contributed by atoms with Gasteiger partial charge in [0.15, 0.2) is 12.4 Å². The van der Waals surface area contributed by atoms with Crippen molar-refractivity contribution in [2.45, 2.75) is 39.0 Å². The molecule has 1 aliphatic carbocycles. The second-order valence-electron chi connectivity index (χ2n) is 7.66. The molecule has 0 unspecified atom stereocenters. The molecule has 2 amide bonds. The number of carbonyl (C=O) groups excluding carboxylic acids is 2. The van der Waals surface area contributed by atoms with Gasteiger partial charge in [-0.2, -0.15) is 5.10 Å². The van der Waals surface area contributed by atoms with Crippen LogP contribution < -0.4 is 10.2 Å². The molecule has 4 rings (SSSR count). The van der Waals surface area contributed by atoms with Crippen LogP contribution in [0.5, 0.6) is 5.75 Å². The predicted octanol–water partition coefficient (Wildman–Crippen LogP) is 4.37. The number of amides is 2. The summed E-state index contributed by atoms with van der Waals surface area (Å²) in [6.45, 7) is 3.16. The van der Waals surface area contributed by atoms with Crippen molar-refractivity contribution >= 4 is 40.7 Å². The highest BCUT2D eigenvalue weighted by molar-refractivity contribution is 6.35. The van der Waals surface area contributed by atoms with Crippen LogP contribution in [0.1, 0.15) is 53.1 Å². The molecule has 2 aromatic rings. The lowest BCUT2D eigenvalue weighted by Gasteiger charge is -2.14. The van der Waals surface area contributed by atoms with Crippen molar-refractivity contribution in [3.8, 4) is 5.75 Å². The summed E-state index contributed by atoms with van der Waals surface area (Å²) in [4.78, 5) is 26.9. The molecule has 0 radical (unpaired) electrons. The number of carbonyl (C=O) groups is 2. The van der Waals surface area contributed by atoms with Crippen molar-refractivity contribution < 1.29 is 18.7 Å². The van der Waals surface area contributed by atoms with Gasteiger partial charge in [0, 0.05) is 35.7 Å². The molecule has 1 aromatic heterocycles. The molecule has 1 fully saturated rings. The molecule has 0 bridgehead atoms. The molecule has 1 aliphatic heterocycles. The molecule has 0 spiro atoms. The number of furan rings is 1. The second-order valence-corrected chi connectivity index (χ2v) is 8.51. The fourth-order valence-corrected chi connectivity index (χ4v) is 4.41. The molecule has 164 valence electrons. The Hall–Kier alpha value is -2.51. The van der Waals surface area contributed by atoms with Gasteiger partial charge in [-0.1, -0.05) is 23.2 Å². The van der Waals surface area contributed by atoms with Gasteiger partial charge in [0.1, 0.15) is 11.5 Å². The zero-order valence-electron chi connectivity index (χ0n) is 17.2. The summed E-state index contributed by atoms with van der Waals surface area (Å²) in [6.07, 6.45) is 4.31. The minimum absolute atomic E-state index is 0.0685. The minimum atomic E-state index is -0.417. The summed E-state index contributed by atoms with van der Waals surface area (Å²) in [5, 5.41) is 5.11. The molecule has 31 heavy (non-hydrogen) atoms. The Morgan fingerprint density at radius 2 is 1.97 bits per heavy atom. The highest BCUT2D eigenvalue weighted by atomic mass is 35.5. The van der Waals surface area contributed by atoms with E-state index in [4.69, 9.17) is 32.4 Å². The van der Waals surface area contributed by atoms with E-state index in [-0.39, 0.29) is 12.5 Å². The molecule has 2 heterocycles. The molecular formula is C22H23Cl2N3O4. The van der Waals surface area contributed by atoms with E-state index < -0.39 is 5.91 Å². The summed E-state index contributed by atoms with van der Waals surface area (Å²) in [7, 11) is 0. The van der Waals surface area contributed by atoms with Crippen molar-refractivity contribution in [1.29, 1.82) is 0 Å². The Kier molecular flexibility index (Phi) is 6.53. The maximum absolute atomic E-state index is 12.8. The topological polar surface area (TPSA) is 84.1 Å². The lowest BCUT2D eigenvalue weighted by Crippen LogP contribution is -2.28. The normalized spacial score (nSPS) is 17.0. The third kappa shape index (κ3) is 4.72. The molecule has 1 aromatic carbocycles. The smallest absolute Gasteiger partial charge is 0.289 e. The van der Waals surface area contributed by atoms with E-state index in [2.05, 4.69) is 10.5 Å². The number of nitrogens with zero attached hydrogens (tertiary/aromatic N) is 2. The van der Waals surface area contributed by atoms with Crippen LogP contribution >= 0.6 is 23.2 Å². The average Bonchev–Trinajstić information content (AvgIpc) is 3.40. The summed E-state index contributed by atoms with van der Waals surface area (Å²) in [5.74, 6) is 1.02. The van der Waals surface area contributed by atoms with E-state index in [1.54, 1.807) is 18.2 Å². The standard InChI is InChI=1S/C22H23Cl2N3O4/c1-13-20-16(25-26-19(28)12-30-17-8-7-14(23)11-15(17)24)5-4-6-18(20)31-21(13)22(29)27-9-2-3-10-27/h7-8,11H,2-6,9-10,12H2,1H3,(H,26,28)/b25-16+. The van der Waals surface area contributed by atoms with Crippen molar-refractivity contribution in [2.75, 3.05) is 19.7 Å². The fourth-order valence-electron chi connectivity index (χ4n) is 3.95. The summed E-state index contributed by atoms with van der Waals surface area (Å²) >= 11 is 11.9. The van der Waals surface area contributed by atoms with Gasteiger partial charge in [0.2, 0.25) is 0 Å². The first kappa shape index (κ1) is 21.7. The van der Waals surface area contributed by atoms with Crippen molar-refractivity contribution in [3.05, 3.63) is 50.9 Å². The molecule has 7 nitrogen and oxygen atoms in total. The maximum atomic E-state index is 12.8. The van der Waals surface area contributed by atoms with Crippen molar-refractivity contribution in [1.82, 2.24) is 10.3 Å². The summed E-state index contributed by atoms with van der Waals surface area (Å²) in [5.41, 5.74) is 4.85. The Bertz CT molecular complexity index is 1040.